The van der Waals surface area contributed by atoms with Gasteiger partial charge in [0.25, 0.3) is 0 Å². The number of aromatic nitrogens is 3. The molecule has 108 valence electrons. The van der Waals surface area contributed by atoms with E-state index in [-0.39, 0.29) is 0 Å². The van der Waals surface area contributed by atoms with E-state index >= 15 is 0 Å². The van der Waals surface area contributed by atoms with Crippen molar-refractivity contribution >= 4 is 17.0 Å². The van der Waals surface area contributed by atoms with Crippen LogP contribution in [0.5, 0.6) is 0 Å². The highest BCUT2D eigenvalue weighted by Gasteiger charge is 2.04. The summed E-state index contributed by atoms with van der Waals surface area (Å²) in [7, 11) is 0. The lowest BCUT2D eigenvalue weighted by molar-refractivity contribution is 1.06. The molecule has 0 amide bonds. The van der Waals surface area contributed by atoms with E-state index < -0.39 is 0 Å². The number of nitrogens with zero attached hydrogens (tertiary/aromatic N) is 3. The Kier molecular flexibility index (Phi) is 3.48. The number of hydrogen-bond acceptors (Lipinski definition) is 4. The summed E-state index contributed by atoms with van der Waals surface area (Å²) in [6, 6.07) is 6.11. The maximum Gasteiger partial charge on any atom is 0.137 e. The number of aryl methyl sites for hydroxylation is 2. The molecule has 0 radical (unpaired) electrons. The Morgan fingerprint density at radius 2 is 2.14 bits per heavy atom. The molecule has 21 heavy (non-hydrogen) atoms. The van der Waals surface area contributed by atoms with Gasteiger partial charge in [0.1, 0.15) is 5.65 Å². The van der Waals surface area contributed by atoms with Crippen LogP contribution in [0.25, 0.3) is 5.65 Å². The molecule has 3 aromatic heterocycles. The molecule has 0 aliphatic carbocycles. The van der Waals surface area contributed by atoms with Crippen molar-refractivity contribution < 1.29 is 0 Å². The van der Waals surface area contributed by atoms with E-state index in [9.17, 15) is 0 Å². The average Bonchev–Trinajstić information content (AvgIpc) is 2.89. The fourth-order valence-electron chi connectivity index (χ4n) is 2.29. The van der Waals surface area contributed by atoms with Gasteiger partial charge in [-0.05, 0) is 31.0 Å². The zero-order valence-corrected chi connectivity index (χ0v) is 12.3. The van der Waals surface area contributed by atoms with Gasteiger partial charge in [0.05, 0.1) is 29.8 Å². The van der Waals surface area contributed by atoms with Crippen LogP contribution in [0.2, 0.25) is 0 Å². The molecule has 0 aromatic carbocycles. The van der Waals surface area contributed by atoms with E-state index in [2.05, 4.69) is 38.9 Å². The molecule has 0 unspecified atom stereocenters. The Labute approximate surface area is 123 Å². The van der Waals surface area contributed by atoms with Crippen molar-refractivity contribution in [1.82, 2.24) is 14.4 Å². The fourth-order valence-corrected chi connectivity index (χ4v) is 2.29. The first-order valence-corrected chi connectivity index (χ1v) is 7.08. The Morgan fingerprint density at radius 3 is 2.95 bits per heavy atom. The summed E-state index contributed by atoms with van der Waals surface area (Å²) in [6.45, 7) is 4.73. The lowest BCUT2D eigenvalue weighted by atomic mass is 10.2. The summed E-state index contributed by atoms with van der Waals surface area (Å²) in [5, 5.41) is 3.32. The van der Waals surface area contributed by atoms with E-state index in [0.29, 0.717) is 12.2 Å². The van der Waals surface area contributed by atoms with Crippen LogP contribution in [0, 0.1) is 6.92 Å². The summed E-state index contributed by atoms with van der Waals surface area (Å²) in [4.78, 5) is 8.76. The van der Waals surface area contributed by atoms with Crippen molar-refractivity contribution in [1.29, 1.82) is 0 Å². The molecule has 3 rings (SSSR count). The Morgan fingerprint density at radius 1 is 1.29 bits per heavy atom. The molecule has 0 aliphatic rings. The van der Waals surface area contributed by atoms with Gasteiger partial charge in [-0.2, -0.15) is 0 Å². The van der Waals surface area contributed by atoms with Crippen molar-refractivity contribution in [2.24, 2.45) is 0 Å². The topological polar surface area (TPSA) is 68.2 Å². The Bertz CT molecular complexity index is 775. The van der Waals surface area contributed by atoms with Crippen molar-refractivity contribution in [3.63, 3.8) is 0 Å². The van der Waals surface area contributed by atoms with Gasteiger partial charge in [0.2, 0.25) is 0 Å². The van der Waals surface area contributed by atoms with Crippen LogP contribution in [0.4, 0.5) is 11.4 Å². The van der Waals surface area contributed by atoms with Crippen molar-refractivity contribution in [3.8, 4) is 0 Å². The largest absolute Gasteiger partial charge is 0.396 e. The lowest BCUT2D eigenvalue weighted by Gasteiger charge is -2.07. The monoisotopic (exact) mass is 281 g/mol. The van der Waals surface area contributed by atoms with Gasteiger partial charge in [-0.15, -0.1) is 0 Å². The third-order valence-electron chi connectivity index (χ3n) is 3.50. The van der Waals surface area contributed by atoms with Gasteiger partial charge >= 0.3 is 0 Å². The highest BCUT2D eigenvalue weighted by Crippen LogP contribution is 2.18. The smallest absolute Gasteiger partial charge is 0.137 e. The summed E-state index contributed by atoms with van der Waals surface area (Å²) in [6.07, 6.45) is 6.87. The molecular weight excluding hydrogens is 262 g/mol. The van der Waals surface area contributed by atoms with E-state index in [1.165, 1.54) is 5.56 Å². The van der Waals surface area contributed by atoms with Crippen molar-refractivity contribution in [2.45, 2.75) is 26.8 Å². The van der Waals surface area contributed by atoms with Gasteiger partial charge < -0.3 is 15.5 Å². The molecule has 0 spiro atoms. The van der Waals surface area contributed by atoms with E-state index in [1.807, 2.05) is 25.3 Å². The molecule has 3 heterocycles. The first kappa shape index (κ1) is 13.4. The number of nitrogen functional groups attached to an aromatic ring is 1. The molecule has 3 aromatic rings. The first-order valence-electron chi connectivity index (χ1n) is 7.08. The molecule has 0 aliphatic heterocycles. The number of nitrogens with two attached hydrogens (primary N) is 1. The minimum Gasteiger partial charge on any atom is -0.396 e. The lowest BCUT2D eigenvalue weighted by Crippen LogP contribution is -2.03. The van der Waals surface area contributed by atoms with Crippen LogP contribution in [0.3, 0.4) is 0 Å². The number of fused-ring (bicyclic) bond motifs is 1. The Hall–Kier alpha value is -2.56. The minimum absolute atomic E-state index is 0.636. The number of imidazole rings is 1. The maximum atomic E-state index is 5.92. The summed E-state index contributed by atoms with van der Waals surface area (Å²) >= 11 is 0. The maximum absolute atomic E-state index is 5.92. The number of pyridine rings is 2. The third-order valence-corrected chi connectivity index (χ3v) is 3.50. The number of anilines is 2. The number of hydrogen-bond donors (Lipinski definition) is 2. The average molecular weight is 281 g/mol. The van der Waals surface area contributed by atoms with E-state index in [1.54, 1.807) is 6.20 Å². The van der Waals surface area contributed by atoms with E-state index in [0.717, 1.165) is 29.1 Å². The molecule has 0 fully saturated rings. The Balaban J connectivity index is 1.80. The predicted molar refractivity (Wildman–Crippen MR) is 85.3 cm³/mol. The van der Waals surface area contributed by atoms with Crippen molar-refractivity contribution in [2.75, 3.05) is 11.1 Å². The zero-order chi connectivity index (χ0) is 14.8. The SMILES string of the molecule is CCc1ccc2nc(CNc3cc(C)ncc3N)cn2c1. The van der Waals surface area contributed by atoms with Crippen LogP contribution in [-0.4, -0.2) is 14.4 Å². The highest BCUT2D eigenvalue weighted by atomic mass is 15.0. The van der Waals surface area contributed by atoms with Crippen LogP contribution in [-0.2, 0) is 13.0 Å². The van der Waals surface area contributed by atoms with Gasteiger partial charge in [-0.25, -0.2) is 4.98 Å². The quantitative estimate of drug-likeness (QED) is 0.771. The minimum atomic E-state index is 0.636. The fraction of sp³-hybridized carbons (Fsp3) is 0.250. The van der Waals surface area contributed by atoms with Gasteiger partial charge in [-0.1, -0.05) is 13.0 Å². The first-order chi connectivity index (χ1) is 10.2. The molecule has 0 saturated heterocycles. The zero-order valence-electron chi connectivity index (χ0n) is 12.3. The summed E-state index contributed by atoms with van der Waals surface area (Å²) in [5.41, 5.74) is 11.6. The standard InChI is InChI=1S/C16H19N5/c1-3-12-4-5-16-20-13(10-21(16)9-12)7-19-15-6-11(2)18-8-14(15)17/h4-6,8-10H,3,7,17H2,1-2H3,(H,18,19). The third kappa shape index (κ3) is 2.81. The van der Waals surface area contributed by atoms with Gasteiger partial charge in [0, 0.05) is 18.1 Å². The van der Waals surface area contributed by atoms with Crippen molar-refractivity contribution in [3.05, 3.63) is 53.7 Å². The molecule has 5 heteroatoms. The van der Waals surface area contributed by atoms with E-state index in [4.69, 9.17) is 5.73 Å². The number of rotatable bonds is 4. The summed E-state index contributed by atoms with van der Waals surface area (Å²) < 4.78 is 2.07. The van der Waals surface area contributed by atoms with Gasteiger partial charge in [-0.3, -0.25) is 4.98 Å². The molecular formula is C16H19N5. The van der Waals surface area contributed by atoms with Crippen LogP contribution in [0.15, 0.2) is 36.8 Å². The second kappa shape index (κ2) is 5.44. The summed E-state index contributed by atoms with van der Waals surface area (Å²) in [5.74, 6) is 0. The number of nitrogens with one attached hydrogen (secondary N) is 1. The normalized spacial score (nSPS) is 11.0. The second-order valence-electron chi connectivity index (χ2n) is 5.16. The highest BCUT2D eigenvalue weighted by molar-refractivity contribution is 5.65. The van der Waals surface area contributed by atoms with Crippen LogP contribution >= 0.6 is 0 Å². The van der Waals surface area contributed by atoms with Gasteiger partial charge in [0.15, 0.2) is 0 Å². The van der Waals surface area contributed by atoms with Crippen LogP contribution in [0.1, 0.15) is 23.9 Å². The molecule has 0 atom stereocenters. The molecule has 3 N–H and O–H groups in total. The molecule has 0 bridgehead atoms. The second-order valence-corrected chi connectivity index (χ2v) is 5.16. The molecule has 0 saturated carbocycles. The molecule has 5 nitrogen and oxygen atoms in total. The van der Waals surface area contributed by atoms with Crippen LogP contribution < -0.4 is 11.1 Å². The predicted octanol–water partition coefficient (Wildman–Crippen LogP) is 2.79.